The largest absolute Gasteiger partial charge is 0.380 e. The van der Waals surface area contributed by atoms with Gasteiger partial charge in [-0.25, -0.2) is 13.1 Å². The Labute approximate surface area is 113 Å². The summed E-state index contributed by atoms with van der Waals surface area (Å²) >= 11 is 0. The predicted octanol–water partition coefficient (Wildman–Crippen LogP) is -0.105. The second-order valence-electron chi connectivity index (χ2n) is 4.69. The van der Waals surface area contributed by atoms with Crippen LogP contribution in [0.3, 0.4) is 0 Å². The van der Waals surface area contributed by atoms with Crippen LogP contribution in [-0.2, 0) is 21.3 Å². The highest BCUT2D eigenvalue weighted by molar-refractivity contribution is 7.89. The molecular weight excluding hydrogens is 268 g/mol. The summed E-state index contributed by atoms with van der Waals surface area (Å²) in [5.41, 5.74) is 1.05. The molecule has 1 atom stereocenters. The van der Waals surface area contributed by atoms with Crippen LogP contribution in [0.1, 0.15) is 24.2 Å². The summed E-state index contributed by atoms with van der Waals surface area (Å²) in [6, 6.07) is -0.157. The van der Waals surface area contributed by atoms with Crippen molar-refractivity contribution in [2.24, 2.45) is 0 Å². The molecule has 1 saturated heterocycles. The molecule has 8 heteroatoms. The van der Waals surface area contributed by atoms with Gasteiger partial charge in [-0.2, -0.15) is 5.10 Å². The molecule has 0 aliphatic carbocycles. The van der Waals surface area contributed by atoms with Crippen LogP contribution in [0.2, 0.25) is 0 Å². The molecule has 0 aromatic carbocycles. The lowest BCUT2D eigenvalue weighted by Crippen LogP contribution is -2.41. The van der Waals surface area contributed by atoms with Gasteiger partial charge in [0.1, 0.15) is 4.90 Å². The summed E-state index contributed by atoms with van der Waals surface area (Å²) < 4.78 is 32.8. The molecule has 2 heterocycles. The maximum atomic E-state index is 12.4. The van der Waals surface area contributed by atoms with Crippen molar-refractivity contribution < 1.29 is 13.2 Å². The molecule has 0 amide bonds. The summed E-state index contributed by atoms with van der Waals surface area (Å²) in [5.74, 6) is 0. The SMILES string of the molecule is CNCc1n[nH]c(C)c1S(=O)(=O)NC1CCCOC1. The van der Waals surface area contributed by atoms with Gasteiger partial charge in [-0.15, -0.1) is 0 Å². The number of H-pyrrole nitrogens is 1. The topological polar surface area (TPSA) is 96.1 Å². The first-order valence-corrected chi connectivity index (χ1v) is 7.81. The number of nitrogens with one attached hydrogen (secondary N) is 3. The van der Waals surface area contributed by atoms with Crippen LogP contribution < -0.4 is 10.0 Å². The molecule has 7 nitrogen and oxygen atoms in total. The summed E-state index contributed by atoms with van der Waals surface area (Å²) in [6.45, 7) is 3.24. The van der Waals surface area contributed by atoms with E-state index in [9.17, 15) is 8.42 Å². The van der Waals surface area contributed by atoms with Crippen molar-refractivity contribution in [2.75, 3.05) is 20.3 Å². The molecule has 108 valence electrons. The Balaban J connectivity index is 2.20. The van der Waals surface area contributed by atoms with Gasteiger partial charge < -0.3 is 10.1 Å². The highest BCUT2D eigenvalue weighted by Crippen LogP contribution is 2.19. The molecule has 1 aliphatic rings. The molecule has 1 unspecified atom stereocenters. The Kier molecular flexibility index (Phi) is 4.56. The van der Waals surface area contributed by atoms with Crippen LogP contribution in [0.25, 0.3) is 0 Å². The zero-order chi connectivity index (χ0) is 13.9. The number of hydrogen-bond donors (Lipinski definition) is 3. The number of aromatic amines is 1. The van der Waals surface area contributed by atoms with Crippen molar-refractivity contribution >= 4 is 10.0 Å². The fraction of sp³-hybridized carbons (Fsp3) is 0.727. The minimum atomic E-state index is -3.56. The number of hydrogen-bond acceptors (Lipinski definition) is 5. The van der Waals surface area contributed by atoms with Crippen LogP contribution in [0.15, 0.2) is 4.90 Å². The van der Waals surface area contributed by atoms with Gasteiger partial charge in [-0.05, 0) is 26.8 Å². The van der Waals surface area contributed by atoms with Crippen LogP contribution in [-0.4, -0.2) is 44.9 Å². The molecule has 0 radical (unpaired) electrons. The van der Waals surface area contributed by atoms with Crippen molar-refractivity contribution in [3.05, 3.63) is 11.4 Å². The van der Waals surface area contributed by atoms with E-state index in [1.165, 1.54) is 0 Å². The van der Waals surface area contributed by atoms with E-state index in [4.69, 9.17) is 4.74 Å². The zero-order valence-corrected chi connectivity index (χ0v) is 12.0. The molecule has 0 saturated carbocycles. The minimum Gasteiger partial charge on any atom is -0.380 e. The number of rotatable bonds is 5. The van der Waals surface area contributed by atoms with Gasteiger partial charge in [-0.3, -0.25) is 5.10 Å². The van der Waals surface area contributed by atoms with E-state index in [2.05, 4.69) is 20.2 Å². The van der Waals surface area contributed by atoms with Gasteiger partial charge in [0.2, 0.25) is 10.0 Å². The quantitative estimate of drug-likeness (QED) is 0.703. The van der Waals surface area contributed by atoms with Gasteiger partial charge in [0.05, 0.1) is 18.0 Å². The summed E-state index contributed by atoms with van der Waals surface area (Å²) in [7, 11) is -1.81. The van der Waals surface area contributed by atoms with E-state index in [1.807, 2.05) is 0 Å². The van der Waals surface area contributed by atoms with Gasteiger partial charge in [0.15, 0.2) is 0 Å². The lowest BCUT2D eigenvalue weighted by molar-refractivity contribution is 0.0774. The van der Waals surface area contributed by atoms with Gasteiger partial charge in [-0.1, -0.05) is 0 Å². The second kappa shape index (κ2) is 6.00. The third-order valence-corrected chi connectivity index (χ3v) is 4.78. The smallest absolute Gasteiger partial charge is 0.244 e. The van der Waals surface area contributed by atoms with Crippen molar-refractivity contribution in [2.45, 2.75) is 37.2 Å². The number of sulfonamides is 1. The summed E-state index contributed by atoms with van der Waals surface area (Å²) in [4.78, 5) is 0.243. The lowest BCUT2D eigenvalue weighted by atomic mass is 10.1. The number of aromatic nitrogens is 2. The fourth-order valence-corrected chi connectivity index (χ4v) is 3.84. The molecule has 1 aromatic heterocycles. The molecule has 0 spiro atoms. The Morgan fingerprint density at radius 1 is 1.53 bits per heavy atom. The van der Waals surface area contributed by atoms with E-state index in [1.54, 1.807) is 14.0 Å². The van der Waals surface area contributed by atoms with Gasteiger partial charge >= 0.3 is 0 Å². The maximum absolute atomic E-state index is 12.4. The molecule has 1 aromatic rings. The van der Waals surface area contributed by atoms with Crippen molar-refractivity contribution in [3.8, 4) is 0 Å². The number of nitrogens with zero attached hydrogens (tertiary/aromatic N) is 1. The normalized spacial score (nSPS) is 20.6. The summed E-state index contributed by atoms with van der Waals surface area (Å²) in [6.07, 6.45) is 1.68. The standard InChI is InChI=1S/C11H20N4O3S/c1-8-11(10(6-12-2)14-13-8)19(16,17)15-9-4-3-5-18-7-9/h9,12,15H,3-7H2,1-2H3,(H,13,14). The highest BCUT2D eigenvalue weighted by atomic mass is 32.2. The third-order valence-electron chi connectivity index (χ3n) is 3.06. The predicted molar refractivity (Wildman–Crippen MR) is 70.3 cm³/mol. The molecule has 19 heavy (non-hydrogen) atoms. The Hall–Kier alpha value is -0.960. The number of aryl methyl sites for hydroxylation is 1. The van der Waals surface area contributed by atoms with Crippen LogP contribution in [0, 0.1) is 6.92 Å². The van der Waals surface area contributed by atoms with E-state index in [0.717, 1.165) is 12.8 Å². The minimum absolute atomic E-state index is 0.157. The molecule has 2 rings (SSSR count). The molecular formula is C11H20N4O3S. The Bertz CT molecular complexity index is 520. The second-order valence-corrected chi connectivity index (χ2v) is 6.34. The molecule has 0 bridgehead atoms. The van der Waals surface area contributed by atoms with Gasteiger partial charge in [0, 0.05) is 19.2 Å². The van der Waals surface area contributed by atoms with E-state index in [0.29, 0.717) is 31.1 Å². The van der Waals surface area contributed by atoms with Crippen LogP contribution >= 0.6 is 0 Å². The van der Waals surface area contributed by atoms with Crippen LogP contribution in [0.4, 0.5) is 0 Å². The third kappa shape index (κ3) is 3.33. The van der Waals surface area contributed by atoms with Crippen molar-refractivity contribution in [1.29, 1.82) is 0 Å². The van der Waals surface area contributed by atoms with E-state index < -0.39 is 10.0 Å². The van der Waals surface area contributed by atoms with E-state index >= 15 is 0 Å². The number of ether oxygens (including phenoxy) is 1. The first-order chi connectivity index (χ1) is 9.04. The molecule has 3 N–H and O–H groups in total. The highest BCUT2D eigenvalue weighted by Gasteiger charge is 2.27. The molecule has 1 aliphatic heterocycles. The average molecular weight is 288 g/mol. The van der Waals surface area contributed by atoms with Crippen molar-refractivity contribution in [1.82, 2.24) is 20.2 Å². The fourth-order valence-electron chi connectivity index (χ4n) is 2.23. The first kappa shape index (κ1) is 14.4. The Morgan fingerprint density at radius 2 is 2.32 bits per heavy atom. The average Bonchev–Trinajstić information content (AvgIpc) is 2.72. The van der Waals surface area contributed by atoms with Gasteiger partial charge in [0.25, 0.3) is 0 Å². The Morgan fingerprint density at radius 3 is 2.95 bits per heavy atom. The van der Waals surface area contributed by atoms with Crippen molar-refractivity contribution in [3.63, 3.8) is 0 Å². The first-order valence-electron chi connectivity index (χ1n) is 6.33. The monoisotopic (exact) mass is 288 g/mol. The zero-order valence-electron chi connectivity index (χ0n) is 11.2. The maximum Gasteiger partial charge on any atom is 0.244 e. The summed E-state index contributed by atoms with van der Waals surface area (Å²) in [5, 5.41) is 9.67. The van der Waals surface area contributed by atoms with Crippen LogP contribution in [0.5, 0.6) is 0 Å². The lowest BCUT2D eigenvalue weighted by Gasteiger charge is -2.23. The molecule has 1 fully saturated rings. The van der Waals surface area contributed by atoms with E-state index in [-0.39, 0.29) is 10.9 Å².